The average Bonchev–Trinajstić information content (AvgIpc) is 3.44. The van der Waals surface area contributed by atoms with Gasteiger partial charge in [-0.1, -0.05) is 18.2 Å². The van der Waals surface area contributed by atoms with Crippen LogP contribution < -0.4 is 10.1 Å². The Hall–Kier alpha value is -4.27. The van der Waals surface area contributed by atoms with E-state index in [1.807, 2.05) is 24.3 Å². The van der Waals surface area contributed by atoms with Crippen molar-refractivity contribution < 1.29 is 9.13 Å². The van der Waals surface area contributed by atoms with Crippen LogP contribution in [0.1, 0.15) is 0 Å². The van der Waals surface area contributed by atoms with Crippen LogP contribution in [0.5, 0.6) is 5.75 Å². The molecule has 30 heavy (non-hydrogen) atoms. The van der Waals surface area contributed by atoms with Crippen molar-refractivity contribution in [2.75, 3.05) is 12.4 Å². The van der Waals surface area contributed by atoms with Crippen LogP contribution in [0, 0.1) is 5.82 Å². The molecule has 0 spiro atoms. The van der Waals surface area contributed by atoms with Crippen LogP contribution in [0.25, 0.3) is 33.5 Å². The summed E-state index contributed by atoms with van der Waals surface area (Å²) in [6.07, 6.45) is 3.10. The summed E-state index contributed by atoms with van der Waals surface area (Å²) in [6.45, 7) is 0. The first kappa shape index (κ1) is 17.8. The molecule has 0 saturated carbocycles. The second-order valence-electron chi connectivity index (χ2n) is 6.54. The Kier molecular flexibility index (Phi) is 4.32. The van der Waals surface area contributed by atoms with Crippen LogP contribution in [-0.4, -0.2) is 37.5 Å². The van der Waals surface area contributed by atoms with E-state index in [2.05, 4.69) is 35.7 Å². The van der Waals surface area contributed by atoms with Gasteiger partial charge in [-0.05, 0) is 41.5 Å². The van der Waals surface area contributed by atoms with Gasteiger partial charge >= 0.3 is 0 Å². The van der Waals surface area contributed by atoms with Gasteiger partial charge in [0.25, 0.3) is 0 Å². The van der Waals surface area contributed by atoms with Gasteiger partial charge in [-0.2, -0.15) is 10.2 Å². The van der Waals surface area contributed by atoms with E-state index in [1.54, 1.807) is 25.4 Å². The van der Waals surface area contributed by atoms with Crippen molar-refractivity contribution >= 4 is 22.5 Å². The minimum Gasteiger partial charge on any atom is -0.495 e. The third-order valence-corrected chi connectivity index (χ3v) is 4.75. The summed E-state index contributed by atoms with van der Waals surface area (Å²) in [5.41, 5.74) is 4.50. The Morgan fingerprint density at radius 1 is 0.967 bits per heavy atom. The zero-order valence-electron chi connectivity index (χ0n) is 15.8. The van der Waals surface area contributed by atoms with Crippen molar-refractivity contribution in [2.45, 2.75) is 0 Å². The molecule has 3 N–H and O–H groups in total. The molecule has 0 amide bonds. The molecule has 9 heteroatoms. The van der Waals surface area contributed by atoms with Gasteiger partial charge in [0.05, 0.1) is 29.6 Å². The van der Waals surface area contributed by atoms with Crippen molar-refractivity contribution in [3.8, 4) is 28.3 Å². The fourth-order valence-corrected chi connectivity index (χ4v) is 3.30. The number of fused-ring (bicyclic) bond motifs is 1. The van der Waals surface area contributed by atoms with E-state index in [0.29, 0.717) is 22.9 Å². The molecule has 0 bridgehead atoms. The van der Waals surface area contributed by atoms with Gasteiger partial charge in [-0.25, -0.2) is 14.4 Å². The molecule has 0 aliphatic heterocycles. The van der Waals surface area contributed by atoms with E-state index in [0.717, 1.165) is 27.9 Å². The molecule has 148 valence electrons. The standard InChI is InChI=1S/C21H16FN7O/c1-30-17-7-4-13(12-2-5-14(22)6-3-12)10-16(17)26-20-18-19(15-8-9-25-27-15)28-29-21(18)24-11-23-20/h2-11H,1H3,(H,25,27)(H2,23,24,26,28,29). The number of aromatic nitrogens is 6. The SMILES string of the molecule is COc1ccc(-c2ccc(F)cc2)cc1Nc1ncnc2n[nH]c(-c3ccn[nH]3)c12. The van der Waals surface area contributed by atoms with Crippen LogP contribution in [0.3, 0.4) is 0 Å². The molecule has 2 aromatic carbocycles. The monoisotopic (exact) mass is 401 g/mol. The Bertz CT molecular complexity index is 1310. The van der Waals surface area contributed by atoms with E-state index in [9.17, 15) is 4.39 Å². The van der Waals surface area contributed by atoms with Gasteiger partial charge in [0.15, 0.2) is 5.65 Å². The quantitative estimate of drug-likeness (QED) is 0.406. The second kappa shape index (κ2) is 7.28. The van der Waals surface area contributed by atoms with Gasteiger partial charge in [0.1, 0.15) is 23.7 Å². The molecule has 5 rings (SSSR count). The summed E-state index contributed by atoms with van der Waals surface area (Å²) in [5, 5.41) is 18.2. The Morgan fingerprint density at radius 2 is 1.80 bits per heavy atom. The smallest absolute Gasteiger partial charge is 0.186 e. The van der Waals surface area contributed by atoms with Crippen molar-refractivity contribution in [3.05, 3.63) is 66.9 Å². The number of aromatic amines is 2. The highest BCUT2D eigenvalue weighted by Gasteiger charge is 2.17. The number of halogens is 1. The minimum absolute atomic E-state index is 0.278. The van der Waals surface area contributed by atoms with E-state index in [-0.39, 0.29) is 5.82 Å². The number of nitrogens with zero attached hydrogens (tertiary/aromatic N) is 4. The number of anilines is 2. The Morgan fingerprint density at radius 3 is 2.57 bits per heavy atom. The molecule has 3 heterocycles. The largest absolute Gasteiger partial charge is 0.495 e. The van der Waals surface area contributed by atoms with Crippen LogP contribution in [0.15, 0.2) is 61.1 Å². The molecule has 0 atom stereocenters. The Labute approximate surface area is 170 Å². The molecule has 0 unspecified atom stereocenters. The van der Waals surface area contributed by atoms with Crippen molar-refractivity contribution in [2.24, 2.45) is 0 Å². The third kappa shape index (κ3) is 3.12. The van der Waals surface area contributed by atoms with E-state index in [1.165, 1.54) is 18.5 Å². The highest BCUT2D eigenvalue weighted by molar-refractivity contribution is 5.99. The number of methoxy groups -OCH3 is 1. The van der Waals surface area contributed by atoms with Gasteiger partial charge in [-0.15, -0.1) is 0 Å². The van der Waals surface area contributed by atoms with Crippen LogP contribution >= 0.6 is 0 Å². The number of nitrogens with one attached hydrogen (secondary N) is 3. The van der Waals surface area contributed by atoms with Gasteiger partial charge in [-0.3, -0.25) is 10.2 Å². The number of hydrogen-bond donors (Lipinski definition) is 3. The van der Waals surface area contributed by atoms with Crippen molar-refractivity contribution in [3.63, 3.8) is 0 Å². The molecule has 0 fully saturated rings. The molecule has 0 aliphatic carbocycles. The number of H-pyrrole nitrogens is 2. The number of rotatable bonds is 5. The summed E-state index contributed by atoms with van der Waals surface area (Å²) in [6, 6.07) is 13.9. The van der Waals surface area contributed by atoms with Crippen LogP contribution in [0.4, 0.5) is 15.9 Å². The lowest BCUT2D eigenvalue weighted by Gasteiger charge is -2.13. The van der Waals surface area contributed by atoms with Crippen LogP contribution in [0.2, 0.25) is 0 Å². The van der Waals surface area contributed by atoms with E-state index in [4.69, 9.17) is 4.74 Å². The Balaban J connectivity index is 1.60. The predicted octanol–water partition coefficient (Wildman–Crippen LogP) is 4.30. The summed E-state index contributed by atoms with van der Waals surface area (Å²) >= 11 is 0. The molecule has 5 aromatic rings. The maximum Gasteiger partial charge on any atom is 0.186 e. The predicted molar refractivity (Wildman–Crippen MR) is 111 cm³/mol. The summed E-state index contributed by atoms with van der Waals surface area (Å²) < 4.78 is 18.8. The zero-order chi connectivity index (χ0) is 20.5. The summed E-state index contributed by atoms with van der Waals surface area (Å²) in [4.78, 5) is 8.65. The fourth-order valence-electron chi connectivity index (χ4n) is 3.30. The van der Waals surface area contributed by atoms with Gasteiger partial charge in [0.2, 0.25) is 0 Å². The highest BCUT2D eigenvalue weighted by Crippen LogP contribution is 2.35. The molecule has 0 saturated heterocycles. The lowest BCUT2D eigenvalue weighted by Crippen LogP contribution is -1.99. The molecule has 3 aromatic heterocycles. The third-order valence-electron chi connectivity index (χ3n) is 4.75. The van der Waals surface area contributed by atoms with Crippen molar-refractivity contribution in [1.29, 1.82) is 0 Å². The molecular formula is C21H16FN7O. The first-order valence-electron chi connectivity index (χ1n) is 9.13. The zero-order valence-corrected chi connectivity index (χ0v) is 15.8. The lowest BCUT2D eigenvalue weighted by atomic mass is 10.0. The fraction of sp³-hybridized carbons (Fsp3) is 0.0476. The second-order valence-corrected chi connectivity index (χ2v) is 6.54. The van der Waals surface area contributed by atoms with Gasteiger partial charge < -0.3 is 10.1 Å². The number of ether oxygens (including phenoxy) is 1. The van der Waals surface area contributed by atoms with Crippen LogP contribution in [-0.2, 0) is 0 Å². The maximum absolute atomic E-state index is 13.3. The van der Waals surface area contributed by atoms with E-state index >= 15 is 0 Å². The topological polar surface area (TPSA) is 104 Å². The number of benzene rings is 2. The molecule has 0 aliphatic rings. The molecular weight excluding hydrogens is 385 g/mol. The number of hydrogen-bond acceptors (Lipinski definition) is 6. The van der Waals surface area contributed by atoms with Crippen molar-refractivity contribution in [1.82, 2.24) is 30.4 Å². The van der Waals surface area contributed by atoms with Gasteiger partial charge in [0, 0.05) is 6.20 Å². The van der Waals surface area contributed by atoms with E-state index < -0.39 is 0 Å². The lowest BCUT2D eigenvalue weighted by molar-refractivity contribution is 0.417. The highest BCUT2D eigenvalue weighted by atomic mass is 19.1. The minimum atomic E-state index is -0.278. The summed E-state index contributed by atoms with van der Waals surface area (Å²) in [7, 11) is 1.60. The molecule has 8 nitrogen and oxygen atoms in total. The summed E-state index contributed by atoms with van der Waals surface area (Å²) in [5.74, 6) is 0.924. The molecule has 0 radical (unpaired) electrons. The first-order valence-corrected chi connectivity index (χ1v) is 9.13. The maximum atomic E-state index is 13.3. The first-order chi connectivity index (χ1) is 14.7. The average molecular weight is 401 g/mol. The normalized spacial score (nSPS) is 11.0.